The number of non-ortho nitro benzene ring substituents is 2. The molecule has 4 atom stereocenters. The van der Waals surface area contributed by atoms with Crippen molar-refractivity contribution in [3.8, 4) is 0 Å². The van der Waals surface area contributed by atoms with Crippen LogP contribution in [-0.2, 0) is 24.3 Å². The van der Waals surface area contributed by atoms with E-state index in [0.29, 0.717) is 12.8 Å². The van der Waals surface area contributed by atoms with Gasteiger partial charge < -0.3 is 29.6 Å². The number of nitro groups is 2. The molecule has 4 aromatic carbocycles. The third kappa shape index (κ3) is 9.47. The van der Waals surface area contributed by atoms with E-state index in [1.807, 2.05) is 0 Å². The summed E-state index contributed by atoms with van der Waals surface area (Å²) in [6, 6.07) is 25.2. The van der Waals surface area contributed by atoms with Crippen molar-refractivity contribution < 1.29 is 56.6 Å². The molecular weight excluding hydrogens is 855 g/mol. The Labute approximate surface area is 361 Å². The van der Waals surface area contributed by atoms with Gasteiger partial charge in [-0.05, 0) is 36.1 Å². The summed E-state index contributed by atoms with van der Waals surface area (Å²) in [5, 5.41) is 64.2. The largest absolute Gasteiger partial charge is 0.422 e. The zero-order valence-electron chi connectivity index (χ0n) is 34.0. The van der Waals surface area contributed by atoms with Gasteiger partial charge in [-0.15, -0.1) is 0 Å². The number of nitro benzene ring substituents is 2. The van der Waals surface area contributed by atoms with E-state index in [1.54, 1.807) is 60.7 Å². The summed E-state index contributed by atoms with van der Waals surface area (Å²) in [7, 11) is 0. The number of β-amino-alcohol motifs (C(OH)–C–C–N with tert-alkyl or cyclic N) is 4. The van der Waals surface area contributed by atoms with Gasteiger partial charge in [-0.1, -0.05) is 60.7 Å². The van der Waals surface area contributed by atoms with Gasteiger partial charge >= 0.3 is 12.4 Å². The molecule has 4 N–H and O–H groups in total. The number of alkyl halides is 6. The number of aliphatic hydroxyl groups is 4. The lowest BCUT2D eigenvalue weighted by atomic mass is 9.92. The van der Waals surface area contributed by atoms with Crippen molar-refractivity contribution in [2.24, 2.45) is 0 Å². The molecule has 2 fully saturated rings. The Morgan fingerprint density at radius 1 is 0.578 bits per heavy atom. The lowest BCUT2D eigenvalue weighted by Crippen LogP contribution is -2.50. The Morgan fingerprint density at radius 2 is 0.938 bits per heavy atom. The minimum absolute atomic E-state index is 0.0342. The van der Waals surface area contributed by atoms with Crippen LogP contribution >= 0.6 is 0 Å². The highest BCUT2D eigenvalue weighted by Crippen LogP contribution is 2.46. The number of likely N-dealkylation sites (tertiary alicyclic amines) is 2. The molecule has 14 nitrogen and oxygen atoms in total. The summed E-state index contributed by atoms with van der Waals surface area (Å²) in [4.78, 5) is 24.1. The van der Waals surface area contributed by atoms with Crippen molar-refractivity contribution >= 4 is 33.2 Å². The van der Waals surface area contributed by atoms with Gasteiger partial charge in [-0.2, -0.15) is 26.3 Å². The number of aromatic nitrogens is 2. The summed E-state index contributed by atoms with van der Waals surface area (Å²) in [5.74, 6) is 0. The zero-order valence-corrected chi connectivity index (χ0v) is 34.0. The fraction of sp³-hybridized carbons (Fsp3) is 0.364. The van der Waals surface area contributed by atoms with Crippen molar-refractivity contribution in [2.45, 2.75) is 61.7 Å². The van der Waals surface area contributed by atoms with Crippen LogP contribution in [0, 0.1) is 20.2 Å². The van der Waals surface area contributed by atoms with E-state index in [-0.39, 0.29) is 83.6 Å². The smallest absolute Gasteiger partial charge is 0.392 e. The van der Waals surface area contributed by atoms with Crippen LogP contribution in [0.2, 0.25) is 0 Å². The molecular formula is C44H44F6N6O8. The predicted molar refractivity (Wildman–Crippen MR) is 222 cm³/mol. The number of benzene rings is 4. The van der Waals surface area contributed by atoms with Gasteiger partial charge in [0, 0.05) is 111 Å². The lowest BCUT2D eigenvalue weighted by molar-refractivity contribution is -0.384. The Balaban J connectivity index is 0.000000191. The topological polar surface area (TPSA) is 184 Å². The molecule has 0 amide bonds. The SMILES string of the molecule is O=[N+]([O-])c1ccc2c(C(O)(CN3CCC(O)C3)C(F)(F)F)cn(Cc3ccccc3)c2c1.O=[N+]([O-])c1ccc2c(C(O)(CN3CCC(O)C3)C(F)(F)F)cn(Cc3ccccc3)c2c1. The van der Waals surface area contributed by atoms with Gasteiger partial charge in [0.05, 0.1) is 33.1 Å². The third-order valence-corrected chi connectivity index (χ3v) is 11.8. The first-order valence-electron chi connectivity index (χ1n) is 20.2. The molecule has 0 aliphatic carbocycles. The maximum atomic E-state index is 14.3. The van der Waals surface area contributed by atoms with Crippen LogP contribution < -0.4 is 0 Å². The van der Waals surface area contributed by atoms with E-state index in [1.165, 1.54) is 55.6 Å². The maximum absolute atomic E-state index is 14.3. The second-order valence-electron chi connectivity index (χ2n) is 16.3. The monoisotopic (exact) mass is 898 g/mol. The van der Waals surface area contributed by atoms with Crippen LogP contribution in [0.5, 0.6) is 0 Å². The van der Waals surface area contributed by atoms with E-state index in [4.69, 9.17) is 0 Å². The molecule has 6 aromatic rings. The maximum Gasteiger partial charge on any atom is 0.422 e. The lowest BCUT2D eigenvalue weighted by Gasteiger charge is -2.34. The van der Waals surface area contributed by atoms with E-state index in [9.17, 15) is 67.0 Å². The first-order valence-corrected chi connectivity index (χ1v) is 20.2. The molecule has 0 radical (unpaired) electrons. The Morgan fingerprint density at radius 3 is 1.23 bits per heavy atom. The number of halogens is 6. The molecule has 2 saturated heterocycles. The summed E-state index contributed by atoms with van der Waals surface area (Å²) in [6.45, 7) is -0.603. The number of hydrogen-bond donors (Lipinski definition) is 4. The summed E-state index contributed by atoms with van der Waals surface area (Å²) in [6.07, 6.45) is -8.39. The van der Waals surface area contributed by atoms with Crippen LogP contribution in [0.1, 0.15) is 35.1 Å². The second-order valence-corrected chi connectivity index (χ2v) is 16.3. The number of rotatable bonds is 12. The second kappa shape index (κ2) is 17.9. The molecule has 8 rings (SSSR count). The van der Waals surface area contributed by atoms with Gasteiger partial charge in [0.15, 0.2) is 0 Å². The van der Waals surface area contributed by atoms with Gasteiger partial charge in [0.2, 0.25) is 11.2 Å². The molecule has 0 spiro atoms. The minimum Gasteiger partial charge on any atom is -0.392 e. The van der Waals surface area contributed by atoms with Crippen LogP contribution in [0.3, 0.4) is 0 Å². The van der Waals surface area contributed by atoms with Crippen molar-refractivity contribution in [3.05, 3.63) is 152 Å². The Bertz CT molecular complexity index is 2440. The highest BCUT2D eigenvalue weighted by molar-refractivity contribution is 5.88. The average molecular weight is 899 g/mol. The summed E-state index contributed by atoms with van der Waals surface area (Å²) >= 11 is 0. The molecule has 64 heavy (non-hydrogen) atoms. The van der Waals surface area contributed by atoms with E-state index in [2.05, 4.69) is 0 Å². The fourth-order valence-electron chi connectivity index (χ4n) is 8.48. The van der Waals surface area contributed by atoms with Gasteiger partial charge in [-0.3, -0.25) is 30.0 Å². The molecule has 340 valence electrons. The molecule has 2 aromatic heterocycles. The quantitative estimate of drug-likeness (QED) is 0.0577. The van der Waals surface area contributed by atoms with Crippen LogP contribution in [-0.4, -0.2) is 113 Å². The van der Waals surface area contributed by atoms with Crippen LogP contribution in [0.25, 0.3) is 21.8 Å². The van der Waals surface area contributed by atoms with Crippen molar-refractivity contribution in [2.75, 3.05) is 39.3 Å². The van der Waals surface area contributed by atoms with E-state index >= 15 is 0 Å². The summed E-state index contributed by atoms with van der Waals surface area (Å²) < 4.78 is 88.5. The number of aliphatic hydroxyl groups excluding tert-OH is 2. The number of hydrogen-bond acceptors (Lipinski definition) is 10. The highest BCUT2D eigenvalue weighted by Gasteiger charge is 2.58. The van der Waals surface area contributed by atoms with E-state index < -0.39 is 58.7 Å². The minimum atomic E-state index is -5.01. The molecule has 20 heteroatoms. The van der Waals surface area contributed by atoms with Crippen LogP contribution in [0.4, 0.5) is 37.7 Å². The molecule has 0 bridgehead atoms. The normalized spacial score (nSPS) is 19.3. The first-order chi connectivity index (χ1) is 30.2. The number of nitrogens with zero attached hydrogens (tertiary/aromatic N) is 6. The molecule has 2 aliphatic rings. The molecule has 2 aliphatic heterocycles. The Kier molecular flexibility index (Phi) is 12.9. The average Bonchev–Trinajstić information content (AvgIpc) is 4.03. The third-order valence-electron chi connectivity index (χ3n) is 11.8. The van der Waals surface area contributed by atoms with Crippen molar-refractivity contribution in [1.82, 2.24) is 18.9 Å². The molecule has 4 heterocycles. The zero-order chi connectivity index (χ0) is 46.2. The van der Waals surface area contributed by atoms with Gasteiger partial charge in [0.25, 0.3) is 11.4 Å². The van der Waals surface area contributed by atoms with Crippen molar-refractivity contribution in [1.29, 1.82) is 0 Å². The molecule has 0 saturated carbocycles. The van der Waals surface area contributed by atoms with Crippen LogP contribution in [0.15, 0.2) is 109 Å². The highest BCUT2D eigenvalue weighted by atomic mass is 19.4. The van der Waals surface area contributed by atoms with E-state index in [0.717, 1.165) is 23.3 Å². The standard InChI is InChI=1S/2C22H22F3N3O4/c2*23-22(24,25)21(30,14-26-9-8-17(29)12-26)19-13-27(11-15-4-2-1-3-5-15)20-10-16(28(31)32)6-7-18(19)20/h2*1-7,10,13,17,29-30H,8-9,11-12,14H2. The number of fused-ring (bicyclic) bond motifs is 2. The summed E-state index contributed by atoms with van der Waals surface area (Å²) in [5.41, 5.74) is -5.64. The first kappa shape index (κ1) is 46.1. The Hall–Kier alpha value is -5.90. The van der Waals surface area contributed by atoms with Gasteiger partial charge in [0.1, 0.15) is 0 Å². The fourth-order valence-corrected chi connectivity index (χ4v) is 8.48. The predicted octanol–water partition coefficient (Wildman–Crippen LogP) is 6.83. The molecule has 4 unspecified atom stereocenters. The van der Waals surface area contributed by atoms with Crippen molar-refractivity contribution in [3.63, 3.8) is 0 Å². The van der Waals surface area contributed by atoms with Gasteiger partial charge in [-0.25, -0.2) is 0 Å².